The normalized spacial score (nSPS) is 25.8. The molecule has 2 nitrogen and oxygen atoms in total. The number of carbonyl (C=O) groups is 1. The number of piperidine rings is 1. The van der Waals surface area contributed by atoms with E-state index >= 15 is 0 Å². The minimum Gasteiger partial charge on any atom is -0.337 e. The third-order valence-corrected chi connectivity index (χ3v) is 5.35. The Bertz CT molecular complexity index is 395. The zero-order valence-corrected chi connectivity index (χ0v) is 12.1. The van der Waals surface area contributed by atoms with Crippen molar-refractivity contribution in [3.63, 3.8) is 0 Å². The van der Waals surface area contributed by atoms with Crippen LogP contribution in [0.15, 0.2) is 12.1 Å². The quantitative estimate of drug-likeness (QED) is 0.723. The molecule has 0 aromatic carbocycles. The van der Waals surface area contributed by atoms with Gasteiger partial charge in [0.1, 0.15) is 0 Å². The van der Waals surface area contributed by atoms with Crippen LogP contribution < -0.4 is 0 Å². The summed E-state index contributed by atoms with van der Waals surface area (Å²) in [6.45, 7) is 3.84. The first kappa shape index (κ1) is 12.4. The molecule has 1 saturated heterocycles. The lowest BCUT2D eigenvalue weighted by Gasteiger charge is -2.33. The first-order valence-corrected chi connectivity index (χ1v) is 7.37. The second-order valence-corrected chi connectivity index (χ2v) is 7.03. The van der Waals surface area contributed by atoms with Crippen molar-refractivity contribution < 1.29 is 4.79 Å². The van der Waals surface area contributed by atoms with Crippen LogP contribution in [0.25, 0.3) is 0 Å². The highest BCUT2D eigenvalue weighted by Crippen LogP contribution is 2.27. The molecule has 88 valence electrons. The molecule has 1 aliphatic rings. The van der Waals surface area contributed by atoms with Crippen LogP contribution in [-0.4, -0.2) is 28.7 Å². The Morgan fingerprint density at radius 1 is 1.62 bits per heavy atom. The van der Waals surface area contributed by atoms with E-state index in [0.29, 0.717) is 15.1 Å². The fraction of sp³-hybridized carbons (Fsp3) is 0.545. The predicted octanol–water partition coefficient (Wildman–Crippen LogP) is 3.65. The molecule has 0 saturated carbocycles. The highest BCUT2D eigenvalue weighted by molar-refractivity contribution is 9.09. The Balaban J connectivity index is 2.06. The van der Waals surface area contributed by atoms with Gasteiger partial charge >= 0.3 is 0 Å². The maximum Gasteiger partial charge on any atom is 0.264 e. The van der Waals surface area contributed by atoms with E-state index < -0.39 is 0 Å². The number of likely N-dealkylation sites (tertiary alicyclic amines) is 1. The van der Waals surface area contributed by atoms with E-state index in [4.69, 9.17) is 11.6 Å². The van der Waals surface area contributed by atoms with Gasteiger partial charge in [0.05, 0.1) is 9.21 Å². The summed E-state index contributed by atoms with van der Waals surface area (Å²) in [5.74, 6) is 0.740. The molecule has 2 atom stereocenters. The van der Waals surface area contributed by atoms with Crippen LogP contribution in [0.1, 0.15) is 23.0 Å². The van der Waals surface area contributed by atoms with Gasteiger partial charge in [-0.15, -0.1) is 11.3 Å². The number of hydrogen-bond donors (Lipinski definition) is 0. The van der Waals surface area contributed by atoms with Crippen molar-refractivity contribution in [3.05, 3.63) is 21.3 Å². The number of alkyl halides is 1. The van der Waals surface area contributed by atoms with Crippen LogP contribution in [0.2, 0.25) is 4.34 Å². The number of nitrogens with zero attached hydrogens (tertiary/aromatic N) is 1. The average Bonchev–Trinajstić information content (AvgIpc) is 2.68. The molecule has 0 N–H and O–H groups in total. The Hall–Kier alpha value is -0.0600. The van der Waals surface area contributed by atoms with Gasteiger partial charge < -0.3 is 4.90 Å². The molecule has 1 aliphatic heterocycles. The summed E-state index contributed by atoms with van der Waals surface area (Å²) in [4.78, 5) is 15.2. The van der Waals surface area contributed by atoms with Crippen LogP contribution in [0.5, 0.6) is 0 Å². The van der Waals surface area contributed by atoms with Crippen molar-refractivity contribution in [1.82, 2.24) is 4.90 Å². The second kappa shape index (κ2) is 5.07. The molecular weight excluding hydrogens is 310 g/mol. The number of carbonyl (C=O) groups excluding carboxylic acids is 1. The minimum absolute atomic E-state index is 0.105. The zero-order valence-electron chi connectivity index (χ0n) is 8.95. The van der Waals surface area contributed by atoms with Crippen LogP contribution in [0.4, 0.5) is 0 Å². The maximum absolute atomic E-state index is 12.1. The summed E-state index contributed by atoms with van der Waals surface area (Å²) in [5, 5.41) is 0. The topological polar surface area (TPSA) is 20.3 Å². The molecule has 16 heavy (non-hydrogen) atoms. The fourth-order valence-electron chi connectivity index (χ4n) is 1.79. The van der Waals surface area contributed by atoms with Crippen molar-refractivity contribution in [2.45, 2.75) is 18.2 Å². The summed E-state index contributed by atoms with van der Waals surface area (Å²) in [6, 6.07) is 3.58. The minimum atomic E-state index is 0.105. The van der Waals surface area contributed by atoms with Crippen LogP contribution in [-0.2, 0) is 0 Å². The summed E-state index contributed by atoms with van der Waals surface area (Å²) < 4.78 is 0.670. The second-order valence-electron chi connectivity index (χ2n) is 4.14. The lowest BCUT2D eigenvalue weighted by molar-refractivity contribution is 0.0711. The lowest BCUT2D eigenvalue weighted by Crippen LogP contribution is -2.43. The number of thiophene rings is 1. The molecule has 5 heteroatoms. The first-order chi connectivity index (χ1) is 7.58. The van der Waals surface area contributed by atoms with E-state index in [0.717, 1.165) is 24.4 Å². The molecule has 1 amide bonds. The van der Waals surface area contributed by atoms with E-state index in [9.17, 15) is 4.79 Å². The number of rotatable bonds is 1. The zero-order chi connectivity index (χ0) is 11.7. The van der Waals surface area contributed by atoms with E-state index in [-0.39, 0.29) is 5.91 Å². The van der Waals surface area contributed by atoms with E-state index in [1.807, 2.05) is 4.90 Å². The summed E-state index contributed by atoms with van der Waals surface area (Å²) in [5.41, 5.74) is 0. The number of hydrogen-bond acceptors (Lipinski definition) is 2. The smallest absolute Gasteiger partial charge is 0.264 e. The molecule has 2 unspecified atom stereocenters. The van der Waals surface area contributed by atoms with Crippen LogP contribution in [0.3, 0.4) is 0 Å². The lowest BCUT2D eigenvalue weighted by atomic mass is 9.99. The fourth-order valence-corrected chi connectivity index (χ4v) is 3.42. The van der Waals surface area contributed by atoms with E-state index in [1.165, 1.54) is 11.3 Å². The summed E-state index contributed by atoms with van der Waals surface area (Å²) >= 11 is 10.8. The van der Waals surface area contributed by atoms with Gasteiger partial charge in [-0.25, -0.2) is 0 Å². The van der Waals surface area contributed by atoms with Crippen molar-refractivity contribution in [2.75, 3.05) is 13.1 Å². The average molecular weight is 323 g/mol. The molecule has 0 aliphatic carbocycles. The first-order valence-electron chi connectivity index (χ1n) is 5.26. The largest absolute Gasteiger partial charge is 0.337 e. The third-order valence-electron chi connectivity index (χ3n) is 2.94. The Kier molecular flexibility index (Phi) is 3.93. The van der Waals surface area contributed by atoms with Gasteiger partial charge in [0.25, 0.3) is 5.91 Å². The molecule has 2 heterocycles. The molecule has 2 rings (SSSR count). The van der Waals surface area contributed by atoms with E-state index in [2.05, 4.69) is 22.9 Å². The molecule has 1 aromatic rings. The molecule has 0 bridgehead atoms. The predicted molar refractivity (Wildman–Crippen MR) is 71.7 cm³/mol. The van der Waals surface area contributed by atoms with Gasteiger partial charge in [0, 0.05) is 17.9 Å². The Morgan fingerprint density at radius 2 is 2.38 bits per heavy atom. The van der Waals surface area contributed by atoms with Crippen LogP contribution in [0, 0.1) is 5.92 Å². The number of halogens is 2. The summed E-state index contributed by atoms with van der Waals surface area (Å²) in [6.07, 6.45) is 1.06. The maximum atomic E-state index is 12.1. The Morgan fingerprint density at radius 3 is 2.94 bits per heavy atom. The Labute approximate surface area is 113 Å². The van der Waals surface area contributed by atoms with Crippen LogP contribution >= 0.6 is 38.9 Å². The van der Waals surface area contributed by atoms with Gasteiger partial charge in [-0.05, 0) is 24.5 Å². The van der Waals surface area contributed by atoms with Gasteiger partial charge in [0.15, 0.2) is 0 Å². The summed E-state index contributed by atoms with van der Waals surface area (Å²) in [7, 11) is 0. The van der Waals surface area contributed by atoms with Gasteiger partial charge in [0.2, 0.25) is 0 Å². The van der Waals surface area contributed by atoms with Gasteiger partial charge in [-0.1, -0.05) is 34.5 Å². The van der Waals surface area contributed by atoms with Crippen molar-refractivity contribution in [1.29, 1.82) is 0 Å². The highest BCUT2D eigenvalue weighted by Gasteiger charge is 2.28. The van der Waals surface area contributed by atoms with E-state index in [1.54, 1.807) is 12.1 Å². The molecule has 0 spiro atoms. The van der Waals surface area contributed by atoms with Gasteiger partial charge in [-0.2, -0.15) is 0 Å². The molecule has 0 radical (unpaired) electrons. The van der Waals surface area contributed by atoms with Crippen molar-refractivity contribution in [2.24, 2.45) is 5.92 Å². The van der Waals surface area contributed by atoms with Gasteiger partial charge in [-0.3, -0.25) is 4.79 Å². The van der Waals surface area contributed by atoms with Crippen molar-refractivity contribution in [3.8, 4) is 0 Å². The SMILES string of the molecule is CC1CCN(C(=O)c2ccc(Cl)s2)CC1Br. The standard InChI is InChI=1S/C11H13BrClNOS/c1-7-4-5-14(6-8(7)12)11(15)9-2-3-10(13)16-9/h2-3,7-8H,4-6H2,1H3. The third kappa shape index (κ3) is 2.60. The monoisotopic (exact) mass is 321 g/mol. The number of amides is 1. The molecule has 1 aromatic heterocycles. The molecule has 1 fully saturated rings. The highest BCUT2D eigenvalue weighted by atomic mass is 79.9. The molecular formula is C11H13BrClNOS. The van der Waals surface area contributed by atoms with Crippen molar-refractivity contribution >= 4 is 44.8 Å².